The molecule has 7 rings (SSSR count). The monoisotopic (exact) mass is 701 g/mol. The number of rotatable bonds is 10. The molecule has 52 heavy (non-hydrogen) atoms. The maximum Gasteiger partial charge on any atom is 0.338 e. The lowest BCUT2D eigenvalue weighted by atomic mass is 9.89. The SMILES string of the molecule is CCC1=C(C)/C2=C/c3c(/C=C/c4ccc(OC)cc4)c(C)c4n3Nn3/c(c(C)c(C(=O)O)/c3=C(\CC(=O)O)C3=N/C(=C\4)C[C@@H]3CCC(=O)O)=C\C1=N2. The number of aliphatic carboxylic acids is 2. The van der Waals surface area contributed by atoms with E-state index in [0.717, 1.165) is 50.7 Å². The lowest BCUT2D eigenvalue weighted by molar-refractivity contribution is -0.137. The first-order valence-corrected chi connectivity index (χ1v) is 17.2. The van der Waals surface area contributed by atoms with E-state index in [1.54, 1.807) is 18.7 Å². The quantitative estimate of drug-likeness (QED) is 0.218. The van der Waals surface area contributed by atoms with Gasteiger partial charge in [-0.15, -0.1) is 0 Å². The number of allylic oxidation sites excluding steroid dienone is 3. The first kappa shape index (κ1) is 34.3. The Bertz CT molecular complexity index is 2410. The number of carbonyl (C=O) groups is 3. The number of aromatic carboxylic acids is 1. The van der Waals surface area contributed by atoms with E-state index in [4.69, 9.17) is 14.7 Å². The summed E-state index contributed by atoms with van der Waals surface area (Å²) in [6.45, 7) is 7.81. The summed E-state index contributed by atoms with van der Waals surface area (Å²) in [5, 5.41) is 31.3. The van der Waals surface area contributed by atoms with E-state index < -0.39 is 30.2 Å². The Labute approximate surface area is 299 Å². The molecule has 6 heterocycles. The van der Waals surface area contributed by atoms with Gasteiger partial charge >= 0.3 is 17.9 Å². The number of carboxylic acids is 3. The number of hydrogen-bond donors (Lipinski definition) is 4. The van der Waals surface area contributed by atoms with Crippen molar-refractivity contribution in [3.8, 4) is 5.75 Å². The summed E-state index contributed by atoms with van der Waals surface area (Å²) in [5.41, 5.74) is 12.9. The molecule has 0 amide bonds. The first-order valence-electron chi connectivity index (χ1n) is 17.2. The van der Waals surface area contributed by atoms with Crippen LogP contribution < -0.4 is 21.0 Å². The minimum atomic E-state index is -1.23. The number of carboxylic acid groups (broad SMARTS) is 3. The van der Waals surface area contributed by atoms with Gasteiger partial charge in [0.15, 0.2) is 0 Å². The molecule has 1 aromatic carbocycles. The molecule has 0 unspecified atom stereocenters. The highest BCUT2D eigenvalue weighted by atomic mass is 16.5. The third-order valence-electron chi connectivity index (χ3n) is 10.3. The van der Waals surface area contributed by atoms with Crippen molar-refractivity contribution in [2.45, 2.75) is 59.8 Å². The third kappa shape index (κ3) is 5.79. The van der Waals surface area contributed by atoms with Crippen molar-refractivity contribution in [2.24, 2.45) is 15.9 Å². The average molecular weight is 702 g/mol. The summed E-state index contributed by atoms with van der Waals surface area (Å²) in [4.78, 5) is 47.6. The van der Waals surface area contributed by atoms with Gasteiger partial charge in [0.05, 0.1) is 58.3 Å². The number of ether oxygens (including phenoxy) is 1. The number of nitrogens with one attached hydrogen (secondary N) is 1. The number of aromatic nitrogens is 2. The summed E-state index contributed by atoms with van der Waals surface area (Å²) < 4.78 is 8.88. The van der Waals surface area contributed by atoms with Crippen LogP contribution in [0.25, 0.3) is 36.0 Å². The minimum absolute atomic E-state index is 0.0657. The van der Waals surface area contributed by atoms with E-state index in [1.165, 1.54) is 0 Å². The van der Waals surface area contributed by atoms with Crippen LogP contribution in [0, 0.1) is 19.8 Å². The van der Waals surface area contributed by atoms with Crippen LogP contribution in [0.2, 0.25) is 0 Å². The molecule has 12 nitrogen and oxygen atoms in total. The van der Waals surface area contributed by atoms with Crippen molar-refractivity contribution in [1.29, 1.82) is 0 Å². The summed E-state index contributed by atoms with van der Waals surface area (Å²) in [5.74, 6) is -3.07. The molecule has 1 atom stereocenters. The van der Waals surface area contributed by atoms with E-state index >= 15 is 0 Å². The second kappa shape index (κ2) is 13.2. The van der Waals surface area contributed by atoms with Crippen LogP contribution in [-0.2, 0) is 9.59 Å². The standard InChI is InChI=1S/C40H39N5O7/c1-6-27-20(2)30-18-34-28(13-9-23-7-11-26(52-5)12-8-23)21(3)32-16-25-15-24(10-14-35(46)47)38(41-25)29(17-36(48)49)39-37(40(50)51)22(4)33(19-31(27)42-30)45(39)43-44(32)34/h7-9,11-13,16,18-19,24,43H,6,10,14-15,17H2,1-5H3,(H,46,47)(H,48,49)(H,50,51)/b13-9+,25-16-,30-18-,31-19?,32-16?,33-19-,34-18?,38-29?,39-29-/t24-/m0/s1. The van der Waals surface area contributed by atoms with Crippen LogP contribution in [0.3, 0.4) is 0 Å². The van der Waals surface area contributed by atoms with Crippen LogP contribution in [-0.4, -0.2) is 61.1 Å². The van der Waals surface area contributed by atoms with Gasteiger partial charge in [-0.3, -0.25) is 14.6 Å². The normalized spacial score (nSPS) is 20.9. The van der Waals surface area contributed by atoms with E-state index in [0.29, 0.717) is 40.9 Å². The second-order valence-electron chi connectivity index (χ2n) is 13.4. The molecule has 0 saturated carbocycles. The Kier molecular flexibility index (Phi) is 8.69. The van der Waals surface area contributed by atoms with Crippen LogP contribution >= 0.6 is 0 Å². The fourth-order valence-corrected chi connectivity index (χ4v) is 7.69. The Morgan fingerprint density at radius 1 is 0.923 bits per heavy atom. The molecule has 4 aliphatic heterocycles. The fourth-order valence-electron chi connectivity index (χ4n) is 7.69. The zero-order valence-electron chi connectivity index (χ0n) is 29.6. The van der Waals surface area contributed by atoms with Gasteiger partial charge in [-0.25, -0.2) is 24.7 Å². The maximum absolute atomic E-state index is 13.2. The van der Waals surface area contributed by atoms with Crippen LogP contribution in [0.5, 0.6) is 5.75 Å². The summed E-state index contributed by atoms with van der Waals surface area (Å²) >= 11 is 0. The molecule has 4 N–H and O–H groups in total. The molecule has 266 valence electrons. The van der Waals surface area contributed by atoms with Gasteiger partial charge in [0.25, 0.3) is 0 Å². The third-order valence-corrected chi connectivity index (χ3v) is 10.3. The van der Waals surface area contributed by atoms with Crippen LogP contribution in [0.15, 0.2) is 56.8 Å². The largest absolute Gasteiger partial charge is 0.497 e. The molecule has 2 aromatic heterocycles. The van der Waals surface area contributed by atoms with Gasteiger partial charge in [0.1, 0.15) is 5.75 Å². The lowest BCUT2D eigenvalue weighted by Crippen LogP contribution is -2.42. The molecule has 4 aliphatic rings. The molecule has 0 saturated heterocycles. The molecule has 0 spiro atoms. The smallest absolute Gasteiger partial charge is 0.338 e. The van der Waals surface area contributed by atoms with Crippen molar-refractivity contribution >= 4 is 65.3 Å². The minimum Gasteiger partial charge on any atom is -0.497 e. The van der Waals surface area contributed by atoms with Gasteiger partial charge in [-0.05, 0) is 98.2 Å². The number of fused-ring (bicyclic) bond motifs is 2. The maximum atomic E-state index is 13.2. The van der Waals surface area contributed by atoms with Crippen molar-refractivity contribution in [1.82, 2.24) is 9.35 Å². The van der Waals surface area contributed by atoms with Gasteiger partial charge in [-0.1, -0.05) is 31.2 Å². The lowest BCUT2D eigenvalue weighted by Gasteiger charge is -2.19. The van der Waals surface area contributed by atoms with Crippen molar-refractivity contribution in [3.05, 3.63) is 96.7 Å². The molecule has 0 aliphatic carbocycles. The zero-order chi connectivity index (χ0) is 37.0. The number of nitrogens with zero attached hydrogens (tertiary/aromatic N) is 4. The second-order valence-corrected chi connectivity index (χ2v) is 13.4. The predicted molar refractivity (Wildman–Crippen MR) is 200 cm³/mol. The van der Waals surface area contributed by atoms with Crippen molar-refractivity contribution < 1.29 is 34.4 Å². The summed E-state index contributed by atoms with van der Waals surface area (Å²) in [6, 6.07) is 7.71. The van der Waals surface area contributed by atoms with Gasteiger partial charge in [0, 0.05) is 29.2 Å². The Hall–Kier alpha value is -6.17. The van der Waals surface area contributed by atoms with Gasteiger partial charge in [0.2, 0.25) is 0 Å². The highest BCUT2D eigenvalue weighted by Crippen LogP contribution is 2.37. The van der Waals surface area contributed by atoms with Crippen molar-refractivity contribution in [3.63, 3.8) is 0 Å². The summed E-state index contributed by atoms with van der Waals surface area (Å²) in [7, 11) is 1.62. The van der Waals surface area contributed by atoms with Gasteiger partial charge in [-0.2, -0.15) is 0 Å². The van der Waals surface area contributed by atoms with Crippen LogP contribution in [0.1, 0.15) is 90.0 Å². The molecule has 12 heteroatoms. The number of benzene rings is 1. The van der Waals surface area contributed by atoms with Gasteiger partial charge < -0.3 is 20.1 Å². The van der Waals surface area contributed by atoms with E-state index in [-0.39, 0.29) is 29.3 Å². The van der Waals surface area contributed by atoms with E-state index in [9.17, 15) is 29.7 Å². The number of methoxy groups -OCH3 is 1. The Morgan fingerprint density at radius 3 is 2.33 bits per heavy atom. The number of hydrogen-bond acceptors (Lipinski definition) is 7. The fraction of sp³-hybridized carbons (Fsp3) is 0.275. The van der Waals surface area contributed by atoms with E-state index in [2.05, 4.69) is 12.5 Å². The van der Waals surface area contributed by atoms with Crippen molar-refractivity contribution in [2.75, 3.05) is 12.6 Å². The Balaban J connectivity index is 1.63. The predicted octanol–water partition coefficient (Wildman–Crippen LogP) is 5.41. The van der Waals surface area contributed by atoms with E-state index in [1.807, 2.05) is 73.2 Å². The average Bonchev–Trinajstić information content (AvgIpc) is 3.79. The summed E-state index contributed by atoms with van der Waals surface area (Å²) in [6.07, 6.45) is 10.5. The van der Waals surface area contributed by atoms with Crippen LogP contribution in [0.4, 0.5) is 0 Å². The molecular formula is C40H39N5O7. The highest BCUT2D eigenvalue weighted by molar-refractivity contribution is 6.25. The topological polar surface area (TPSA) is 168 Å². The molecule has 0 radical (unpaired) electrons. The zero-order valence-corrected chi connectivity index (χ0v) is 29.6. The molecule has 3 aromatic rings. The highest BCUT2D eigenvalue weighted by Gasteiger charge is 2.34. The first-order chi connectivity index (χ1) is 24.9. The molecule has 0 fully saturated rings. The molecule has 6 bridgehead atoms. The Morgan fingerprint density at radius 2 is 1.67 bits per heavy atom. The number of aliphatic imine (C=N–C) groups is 2. The molecular weight excluding hydrogens is 662 g/mol.